The lowest BCUT2D eigenvalue weighted by Crippen LogP contribution is -2.42. The summed E-state index contributed by atoms with van der Waals surface area (Å²) in [5.74, 6) is -0.427. The molecule has 1 atom stereocenters. The van der Waals surface area contributed by atoms with Gasteiger partial charge >= 0.3 is 5.97 Å². The molecule has 0 bridgehead atoms. The summed E-state index contributed by atoms with van der Waals surface area (Å²) in [4.78, 5) is 23.9. The van der Waals surface area contributed by atoms with Gasteiger partial charge in [-0.2, -0.15) is 0 Å². The number of carboxylic acid groups (broad SMARTS) is 1. The van der Waals surface area contributed by atoms with Crippen LogP contribution in [0.2, 0.25) is 0 Å². The summed E-state index contributed by atoms with van der Waals surface area (Å²) >= 11 is 0. The highest BCUT2D eigenvalue weighted by Crippen LogP contribution is 2.22. The summed E-state index contributed by atoms with van der Waals surface area (Å²) in [6, 6.07) is 14.8. The Morgan fingerprint density at radius 1 is 1.04 bits per heavy atom. The Balaban J connectivity index is 2.00. The van der Waals surface area contributed by atoms with E-state index in [9.17, 15) is 14.7 Å². The molecule has 1 amide bonds. The first kappa shape index (κ1) is 20.5. The maximum Gasteiger partial charge on any atom is 0.326 e. The van der Waals surface area contributed by atoms with Crippen LogP contribution in [0, 0.1) is 0 Å². The number of rotatable bonds is 8. The zero-order valence-corrected chi connectivity index (χ0v) is 15.8. The molecule has 0 radical (unpaired) electrons. The summed E-state index contributed by atoms with van der Waals surface area (Å²) in [5.41, 5.74) is -0.0395. The van der Waals surface area contributed by atoms with Crippen molar-refractivity contribution in [2.24, 2.45) is 0 Å². The molecule has 2 N–H and O–H groups in total. The van der Waals surface area contributed by atoms with E-state index in [1.807, 2.05) is 51.1 Å². The average molecular weight is 371 g/mol. The van der Waals surface area contributed by atoms with E-state index in [4.69, 9.17) is 9.47 Å². The average Bonchev–Trinajstić information content (AvgIpc) is 2.60. The van der Waals surface area contributed by atoms with Crippen LogP contribution >= 0.6 is 0 Å². The molecule has 0 aliphatic rings. The number of nitrogens with one attached hydrogen (secondary N) is 1. The zero-order chi connectivity index (χ0) is 19.9. The maximum atomic E-state index is 12.5. The summed E-state index contributed by atoms with van der Waals surface area (Å²) in [6.07, 6.45) is 0.179. The van der Waals surface area contributed by atoms with Crippen molar-refractivity contribution in [1.29, 1.82) is 0 Å². The number of carboxylic acids is 1. The largest absolute Gasteiger partial charge is 0.480 e. The third kappa shape index (κ3) is 7.11. The third-order valence-electron chi connectivity index (χ3n) is 3.62. The monoisotopic (exact) mass is 371 g/mol. The Bertz CT molecular complexity index is 768. The fourth-order valence-corrected chi connectivity index (χ4v) is 2.31. The predicted molar refractivity (Wildman–Crippen MR) is 102 cm³/mol. The van der Waals surface area contributed by atoms with Crippen molar-refractivity contribution in [1.82, 2.24) is 5.32 Å². The molecule has 27 heavy (non-hydrogen) atoms. The molecule has 0 spiro atoms. The molecule has 0 fully saturated rings. The van der Waals surface area contributed by atoms with Gasteiger partial charge in [0.1, 0.15) is 17.5 Å². The minimum atomic E-state index is -1.10. The van der Waals surface area contributed by atoms with E-state index in [-0.39, 0.29) is 18.6 Å². The van der Waals surface area contributed by atoms with Gasteiger partial charge in [0.25, 0.3) is 5.91 Å². The van der Waals surface area contributed by atoms with Gasteiger partial charge in [0.15, 0.2) is 0 Å². The van der Waals surface area contributed by atoms with E-state index in [0.717, 1.165) is 0 Å². The van der Waals surface area contributed by atoms with Crippen LogP contribution < -0.4 is 10.1 Å². The van der Waals surface area contributed by atoms with E-state index in [0.29, 0.717) is 17.1 Å². The second-order valence-electron chi connectivity index (χ2n) is 7.06. The Kier molecular flexibility index (Phi) is 6.96. The highest BCUT2D eigenvalue weighted by Gasteiger charge is 2.22. The van der Waals surface area contributed by atoms with Crippen LogP contribution in [-0.4, -0.2) is 35.2 Å². The molecule has 0 aliphatic heterocycles. The van der Waals surface area contributed by atoms with Gasteiger partial charge in [-0.1, -0.05) is 24.3 Å². The number of carbonyl (C=O) groups is 2. The van der Waals surface area contributed by atoms with Crippen molar-refractivity contribution in [3.05, 3.63) is 60.2 Å². The molecular formula is C21H25NO5. The first-order valence-electron chi connectivity index (χ1n) is 8.75. The maximum absolute atomic E-state index is 12.5. The Hall–Kier alpha value is -2.86. The first-order valence-corrected chi connectivity index (χ1v) is 8.75. The third-order valence-corrected chi connectivity index (χ3v) is 3.62. The SMILES string of the molecule is CC(C)(C)OCCC(NC(=O)c1cccc(Oc2ccccc2)c1)C(=O)O. The fraction of sp³-hybridized carbons (Fsp3) is 0.333. The van der Waals surface area contributed by atoms with Gasteiger partial charge in [-0.3, -0.25) is 4.79 Å². The number of amides is 1. The summed E-state index contributed by atoms with van der Waals surface area (Å²) in [7, 11) is 0. The van der Waals surface area contributed by atoms with Gasteiger partial charge in [0, 0.05) is 18.6 Å². The van der Waals surface area contributed by atoms with Crippen LogP contribution in [-0.2, 0) is 9.53 Å². The van der Waals surface area contributed by atoms with Crippen molar-refractivity contribution in [3.8, 4) is 11.5 Å². The lowest BCUT2D eigenvalue weighted by atomic mass is 10.1. The van der Waals surface area contributed by atoms with E-state index < -0.39 is 17.9 Å². The standard InChI is InChI=1S/C21H25NO5/c1-21(2,3)26-13-12-18(20(24)25)22-19(23)15-8-7-11-17(14-15)27-16-9-5-4-6-10-16/h4-11,14,18H,12-13H2,1-3H3,(H,22,23)(H,24,25). The number of aliphatic carboxylic acids is 1. The van der Waals surface area contributed by atoms with Crippen LogP contribution in [0.25, 0.3) is 0 Å². The number of para-hydroxylation sites is 1. The second kappa shape index (κ2) is 9.19. The van der Waals surface area contributed by atoms with Crippen LogP contribution in [0.3, 0.4) is 0 Å². The molecule has 2 aromatic rings. The summed E-state index contributed by atoms with van der Waals surface area (Å²) in [6.45, 7) is 5.90. The lowest BCUT2D eigenvalue weighted by Gasteiger charge is -2.21. The van der Waals surface area contributed by atoms with Crippen LogP contribution in [0.4, 0.5) is 0 Å². The van der Waals surface area contributed by atoms with Crippen molar-refractivity contribution in [3.63, 3.8) is 0 Å². The van der Waals surface area contributed by atoms with E-state index in [1.54, 1.807) is 24.3 Å². The second-order valence-corrected chi connectivity index (χ2v) is 7.06. The molecule has 1 unspecified atom stereocenters. The Morgan fingerprint density at radius 2 is 1.70 bits per heavy atom. The van der Waals surface area contributed by atoms with Crippen molar-refractivity contribution in [2.45, 2.75) is 38.8 Å². The minimum absolute atomic E-state index is 0.179. The fourth-order valence-electron chi connectivity index (χ4n) is 2.31. The van der Waals surface area contributed by atoms with Crippen molar-refractivity contribution < 1.29 is 24.2 Å². The zero-order valence-electron chi connectivity index (χ0n) is 15.8. The molecule has 6 heteroatoms. The molecule has 0 saturated heterocycles. The molecule has 2 rings (SSSR count). The molecule has 144 valence electrons. The number of benzene rings is 2. The number of carbonyl (C=O) groups excluding carboxylic acids is 1. The van der Waals surface area contributed by atoms with Gasteiger partial charge in [0.05, 0.1) is 5.60 Å². The topological polar surface area (TPSA) is 84.9 Å². The summed E-state index contributed by atoms with van der Waals surface area (Å²) in [5, 5.41) is 11.9. The van der Waals surface area contributed by atoms with Crippen LogP contribution in [0.5, 0.6) is 11.5 Å². The van der Waals surface area contributed by atoms with Crippen LogP contribution in [0.1, 0.15) is 37.6 Å². The van der Waals surface area contributed by atoms with Crippen LogP contribution in [0.15, 0.2) is 54.6 Å². The van der Waals surface area contributed by atoms with E-state index in [2.05, 4.69) is 5.32 Å². The van der Waals surface area contributed by atoms with Gasteiger partial charge in [0.2, 0.25) is 0 Å². The Labute approximate surface area is 159 Å². The number of hydrogen-bond donors (Lipinski definition) is 2. The lowest BCUT2D eigenvalue weighted by molar-refractivity contribution is -0.140. The van der Waals surface area contributed by atoms with E-state index in [1.165, 1.54) is 0 Å². The molecule has 0 heterocycles. The quantitative estimate of drug-likeness (QED) is 0.736. The van der Waals surface area contributed by atoms with Gasteiger partial charge in [-0.05, 0) is 51.1 Å². The highest BCUT2D eigenvalue weighted by molar-refractivity contribution is 5.96. The molecule has 2 aromatic carbocycles. The minimum Gasteiger partial charge on any atom is -0.480 e. The smallest absolute Gasteiger partial charge is 0.326 e. The molecule has 6 nitrogen and oxygen atoms in total. The summed E-state index contributed by atoms with van der Waals surface area (Å²) < 4.78 is 11.3. The highest BCUT2D eigenvalue weighted by atomic mass is 16.5. The van der Waals surface area contributed by atoms with Crippen molar-refractivity contribution >= 4 is 11.9 Å². The molecule has 0 saturated carbocycles. The molecule has 0 aromatic heterocycles. The van der Waals surface area contributed by atoms with Gasteiger partial charge < -0.3 is 19.9 Å². The Morgan fingerprint density at radius 3 is 2.33 bits per heavy atom. The first-order chi connectivity index (χ1) is 12.7. The molecular weight excluding hydrogens is 346 g/mol. The normalized spacial score (nSPS) is 12.3. The number of hydrogen-bond acceptors (Lipinski definition) is 4. The van der Waals surface area contributed by atoms with Gasteiger partial charge in [-0.15, -0.1) is 0 Å². The van der Waals surface area contributed by atoms with Gasteiger partial charge in [-0.25, -0.2) is 4.79 Å². The van der Waals surface area contributed by atoms with Crippen molar-refractivity contribution in [2.75, 3.05) is 6.61 Å². The van der Waals surface area contributed by atoms with E-state index >= 15 is 0 Å². The number of ether oxygens (including phenoxy) is 2. The predicted octanol–water partition coefficient (Wildman–Crippen LogP) is 3.87. The molecule has 0 aliphatic carbocycles.